The van der Waals surface area contributed by atoms with E-state index in [0.29, 0.717) is 0 Å². The fourth-order valence-electron chi connectivity index (χ4n) is 1.000. The van der Waals surface area contributed by atoms with E-state index in [4.69, 9.17) is 0 Å². The first-order valence-corrected chi connectivity index (χ1v) is 5.53. The first kappa shape index (κ1) is 8.25. The predicted molar refractivity (Wildman–Crippen MR) is 43.4 cm³/mol. The lowest BCUT2D eigenvalue weighted by Gasteiger charge is -2.28. The minimum Gasteiger partial charge on any atom is -0.289 e. The van der Waals surface area contributed by atoms with E-state index in [1.165, 1.54) is 0 Å². The summed E-state index contributed by atoms with van der Waals surface area (Å²) in [6.07, 6.45) is 1.08. The largest absolute Gasteiger partial charge is 0.289 e. The fraction of sp³-hybridized carbons (Fsp3) is 1.00. The van der Waals surface area contributed by atoms with Crippen molar-refractivity contribution in [3.63, 3.8) is 0 Å². The van der Waals surface area contributed by atoms with Gasteiger partial charge in [0.05, 0.1) is 0 Å². The van der Waals surface area contributed by atoms with Crippen molar-refractivity contribution >= 4 is 7.44 Å². The summed E-state index contributed by atoms with van der Waals surface area (Å²) in [5.74, 6) is 0. The Morgan fingerprint density at radius 2 is 1.80 bits per heavy atom. The zero-order valence-electron chi connectivity index (χ0n) is 6.55. The van der Waals surface area contributed by atoms with E-state index in [1.807, 2.05) is 13.8 Å². The third-order valence-corrected chi connectivity index (χ3v) is 4.62. The van der Waals surface area contributed by atoms with Gasteiger partial charge in [-0.25, -0.2) is 0 Å². The minimum atomic E-state index is -2.19. The van der Waals surface area contributed by atoms with Crippen LogP contribution >= 0.6 is 7.44 Å². The molecule has 0 atom stereocenters. The molecule has 0 radical (unpaired) electrons. The molecule has 4 heteroatoms. The van der Waals surface area contributed by atoms with E-state index in [0.717, 1.165) is 19.5 Å². The van der Waals surface area contributed by atoms with E-state index in [1.54, 1.807) is 0 Å². The Morgan fingerprint density at radius 1 is 1.30 bits per heavy atom. The van der Waals surface area contributed by atoms with Crippen molar-refractivity contribution in [2.45, 2.75) is 25.9 Å². The van der Waals surface area contributed by atoms with Crippen LogP contribution in [0.1, 0.15) is 20.3 Å². The molecule has 0 bridgehead atoms. The maximum atomic E-state index is 11.7. The molecule has 1 rings (SSSR count). The highest BCUT2D eigenvalue weighted by Gasteiger charge is 2.27. The summed E-state index contributed by atoms with van der Waals surface area (Å²) in [6, 6.07) is 0. The molecule has 1 saturated heterocycles. The van der Waals surface area contributed by atoms with Crippen LogP contribution in [0.4, 0.5) is 0 Å². The molecule has 3 nitrogen and oxygen atoms in total. The Kier molecular flexibility index (Phi) is 2.50. The van der Waals surface area contributed by atoms with Gasteiger partial charge >= 0.3 is 0 Å². The summed E-state index contributed by atoms with van der Waals surface area (Å²) in [6.45, 7) is 5.74. The van der Waals surface area contributed by atoms with E-state index < -0.39 is 7.44 Å². The van der Waals surface area contributed by atoms with E-state index in [9.17, 15) is 4.57 Å². The summed E-state index contributed by atoms with van der Waals surface area (Å²) in [5, 5.41) is 6.08. The predicted octanol–water partition coefficient (Wildman–Crippen LogP) is 1.17. The maximum absolute atomic E-state index is 11.7. The van der Waals surface area contributed by atoms with Gasteiger partial charge in [-0.15, -0.1) is 0 Å². The van der Waals surface area contributed by atoms with Crippen molar-refractivity contribution in [2.24, 2.45) is 0 Å². The third-order valence-electron chi connectivity index (χ3n) is 1.77. The molecule has 0 unspecified atom stereocenters. The van der Waals surface area contributed by atoms with Crippen LogP contribution in [0.3, 0.4) is 0 Å². The van der Waals surface area contributed by atoms with Crippen LogP contribution in [0.5, 0.6) is 0 Å². The monoisotopic (exact) mass is 162 g/mol. The van der Waals surface area contributed by atoms with Gasteiger partial charge < -0.3 is 0 Å². The summed E-state index contributed by atoms with van der Waals surface area (Å²) < 4.78 is 11.7. The van der Waals surface area contributed by atoms with Gasteiger partial charge in [0.1, 0.15) is 0 Å². The van der Waals surface area contributed by atoms with Crippen LogP contribution in [0.15, 0.2) is 0 Å². The van der Waals surface area contributed by atoms with Gasteiger partial charge in [-0.3, -0.25) is 14.7 Å². The molecule has 1 heterocycles. The summed E-state index contributed by atoms with van der Waals surface area (Å²) in [4.78, 5) is 0. The Labute approximate surface area is 62.1 Å². The normalized spacial score (nSPS) is 25.1. The molecule has 1 aliphatic rings. The Balaban J connectivity index is 2.57. The molecule has 0 aromatic heterocycles. The quantitative estimate of drug-likeness (QED) is 0.569. The second-order valence-corrected chi connectivity index (χ2v) is 5.90. The zero-order valence-corrected chi connectivity index (χ0v) is 7.45. The number of nitrogens with one attached hydrogen (secondary N) is 2. The second kappa shape index (κ2) is 3.04. The minimum absolute atomic E-state index is 0.216. The molecule has 60 valence electrons. The Bertz CT molecular complexity index is 148. The average molecular weight is 162 g/mol. The highest BCUT2D eigenvalue weighted by molar-refractivity contribution is 7.60. The first-order chi connectivity index (χ1) is 4.65. The highest BCUT2D eigenvalue weighted by atomic mass is 31.2. The van der Waals surface area contributed by atoms with E-state index in [-0.39, 0.29) is 5.66 Å². The average Bonchev–Trinajstić information content (AvgIpc) is 1.89. The molecule has 0 aromatic carbocycles. The van der Waals surface area contributed by atoms with Gasteiger partial charge in [-0.05, 0) is 6.42 Å². The second-order valence-electron chi connectivity index (χ2n) is 2.92. The van der Waals surface area contributed by atoms with Crippen LogP contribution in [0.25, 0.3) is 0 Å². The summed E-state index contributed by atoms with van der Waals surface area (Å²) in [5.41, 5.74) is 0.216. The standard InChI is InChI=1S/C6H15N2OP/c1-6(2)10(9)7-4-3-5-8-10/h6H,3-5H2,1-2H3,(H2,7,8,9). The maximum Gasteiger partial charge on any atom is 0.213 e. The molecule has 0 amide bonds. The van der Waals surface area contributed by atoms with Gasteiger partial charge in [0, 0.05) is 18.7 Å². The molecule has 0 aromatic rings. The smallest absolute Gasteiger partial charge is 0.213 e. The molecular weight excluding hydrogens is 147 g/mol. The lowest BCUT2D eigenvalue weighted by Crippen LogP contribution is -2.35. The van der Waals surface area contributed by atoms with E-state index in [2.05, 4.69) is 10.2 Å². The van der Waals surface area contributed by atoms with Crippen LogP contribution in [0, 0.1) is 0 Å². The van der Waals surface area contributed by atoms with Gasteiger partial charge in [0.25, 0.3) is 0 Å². The number of hydrogen-bond acceptors (Lipinski definition) is 1. The molecular formula is C6H15N2OP. The number of hydrogen-bond donors (Lipinski definition) is 2. The van der Waals surface area contributed by atoms with Crippen molar-refractivity contribution < 1.29 is 4.57 Å². The van der Waals surface area contributed by atoms with Gasteiger partial charge in [-0.2, -0.15) is 0 Å². The first-order valence-electron chi connectivity index (χ1n) is 3.75. The van der Waals surface area contributed by atoms with E-state index >= 15 is 0 Å². The van der Waals surface area contributed by atoms with Gasteiger partial charge in [-0.1, -0.05) is 13.8 Å². The molecule has 0 spiro atoms. The SMILES string of the molecule is CC(C)P1(=O)NCCCN1. The summed E-state index contributed by atoms with van der Waals surface area (Å²) >= 11 is 0. The fourth-order valence-corrected chi connectivity index (χ4v) is 2.82. The van der Waals surface area contributed by atoms with Crippen molar-refractivity contribution in [3.05, 3.63) is 0 Å². The van der Waals surface area contributed by atoms with Crippen molar-refractivity contribution in [1.29, 1.82) is 0 Å². The summed E-state index contributed by atoms with van der Waals surface area (Å²) in [7, 11) is -2.19. The van der Waals surface area contributed by atoms with Crippen molar-refractivity contribution in [3.8, 4) is 0 Å². The van der Waals surface area contributed by atoms with Gasteiger partial charge in [0.2, 0.25) is 7.44 Å². The Hall–Kier alpha value is 0.150. The van der Waals surface area contributed by atoms with Crippen LogP contribution in [-0.4, -0.2) is 18.7 Å². The zero-order chi connectivity index (χ0) is 7.61. The highest BCUT2D eigenvalue weighted by Crippen LogP contribution is 2.42. The molecule has 1 fully saturated rings. The number of rotatable bonds is 1. The lowest BCUT2D eigenvalue weighted by molar-refractivity contribution is 0.527. The molecule has 10 heavy (non-hydrogen) atoms. The van der Waals surface area contributed by atoms with Crippen molar-refractivity contribution in [1.82, 2.24) is 10.2 Å². The third kappa shape index (κ3) is 1.60. The molecule has 0 saturated carbocycles. The van der Waals surface area contributed by atoms with Crippen LogP contribution in [0.2, 0.25) is 0 Å². The van der Waals surface area contributed by atoms with Crippen LogP contribution < -0.4 is 10.2 Å². The van der Waals surface area contributed by atoms with Crippen LogP contribution in [-0.2, 0) is 4.57 Å². The topological polar surface area (TPSA) is 41.1 Å². The van der Waals surface area contributed by atoms with Gasteiger partial charge in [0.15, 0.2) is 0 Å². The lowest BCUT2D eigenvalue weighted by atomic mass is 10.4. The Morgan fingerprint density at radius 3 is 2.10 bits per heavy atom. The molecule has 0 aliphatic carbocycles. The molecule has 1 aliphatic heterocycles. The molecule has 2 N–H and O–H groups in total. The van der Waals surface area contributed by atoms with Crippen molar-refractivity contribution in [2.75, 3.05) is 13.1 Å².